The Morgan fingerprint density at radius 1 is 1.12 bits per heavy atom. The fourth-order valence-electron chi connectivity index (χ4n) is 3.46. The molecule has 0 saturated carbocycles. The van der Waals surface area contributed by atoms with Crippen LogP contribution in [-0.4, -0.2) is 56.6 Å². The van der Waals surface area contributed by atoms with Crippen molar-refractivity contribution in [2.75, 3.05) is 6.61 Å². The Hall–Kier alpha value is -1.18. The molecule has 1 heterocycles. The molecule has 25 heavy (non-hydrogen) atoms. The number of rotatable bonds is 8. The summed E-state index contributed by atoms with van der Waals surface area (Å²) in [5.74, 6) is -1.27. The van der Waals surface area contributed by atoms with Gasteiger partial charge in [-0.15, -0.1) is 0 Å². The maximum absolute atomic E-state index is 12.0. The number of ether oxygens (including phenoxy) is 1. The van der Waals surface area contributed by atoms with Crippen molar-refractivity contribution in [1.29, 1.82) is 0 Å². The second-order valence-electron chi connectivity index (χ2n) is 8.77. The molecule has 0 bridgehead atoms. The molecule has 1 fully saturated rings. The van der Waals surface area contributed by atoms with Crippen molar-refractivity contribution in [1.82, 2.24) is 5.06 Å². The van der Waals surface area contributed by atoms with Crippen LogP contribution in [0.2, 0.25) is 0 Å². The van der Waals surface area contributed by atoms with Crippen molar-refractivity contribution in [3.05, 3.63) is 0 Å². The van der Waals surface area contributed by atoms with E-state index in [1.54, 1.807) is 13.8 Å². The zero-order valence-corrected chi connectivity index (χ0v) is 16.3. The van der Waals surface area contributed by atoms with Crippen molar-refractivity contribution in [3.8, 4) is 0 Å². The van der Waals surface area contributed by atoms with Crippen LogP contribution in [0.4, 0.5) is 0 Å². The highest BCUT2D eigenvalue weighted by molar-refractivity contribution is 5.71. The van der Waals surface area contributed by atoms with Gasteiger partial charge in [0.15, 0.2) is 0 Å². The van der Waals surface area contributed by atoms with Crippen LogP contribution >= 0.6 is 0 Å². The lowest BCUT2D eigenvalue weighted by atomic mass is 9.80. The summed E-state index contributed by atoms with van der Waals surface area (Å²) in [5.41, 5.74) is -1.68. The lowest BCUT2D eigenvalue weighted by Crippen LogP contribution is -2.62. The van der Waals surface area contributed by atoms with E-state index < -0.39 is 11.6 Å². The molecule has 146 valence electrons. The highest BCUT2D eigenvalue weighted by Crippen LogP contribution is 2.40. The van der Waals surface area contributed by atoms with Gasteiger partial charge in [-0.3, -0.25) is 14.4 Å². The van der Waals surface area contributed by atoms with E-state index in [0.29, 0.717) is 12.8 Å². The summed E-state index contributed by atoms with van der Waals surface area (Å²) in [6.45, 7) is 11.6. The van der Waals surface area contributed by atoms with Crippen molar-refractivity contribution < 1.29 is 29.4 Å². The number of hydroxylamine groups is 2. The van der Waals surface area contributed by atoms with Crippen LogP contribution in [0.5, 0.6) is 0 Å². The van der Waals surface area contributed by atoms with Crippen LogP contribution in [0.15, 0.2) is 0 Å². The molecule has 1 aliphatic rings. The number of nitrogens with zero attached hydrogens (tertiary/aromatic N) is 1. The van der Waals surface area contributed by atoms with Gasteiger partial charge in [-0.05, 0) is 48.0 Å². The number of carbonyl (C=O) groups excluding carboxylic acids is 1. The molecule has 7 nitrogen and oxygen atoms in total. The van der Waals surface area contributed by atoms with E-state index in [4.69, 9.17) is 14.7 Å². The number of carboxylic acids is 1. The lowest BCUT2D eigenvalue weighted by molar-refractivity contribution is -0.306. The Labute approximate surface area is 150 Å². The first-order chi connectivity index (χ1) is 11.2. The summed E-state index contributed by atoms with van der Waals surface area (Å²) < 4.78 is 5.57. The number of hydrogen-bond acceptors (Lipinski definition) is 6. The molecule has 1 rings (SSSR count). The van der Waals surface area contributed by atoms with E-state index in [0.717, 1.165) is 0 Å². The molecular weight excluding hydrogens is 326 g/mol. The third kappa shape index (κ3) is 7.30. The van der Waals surface area contributed by atoms with Gasteiger partial charge in [0.1, 0.15) is 6.10 Å². The Kier molecular flexibility index (Phi) is 7.01. The Morgan fingerprint density at radius 3 is 2.08 bits per heavy atom. The van der Waals surface area contributed by atoms with Gasteiger partial charge in [0.05, 0.1) is 12.2 Å². The van der Waals surface area contributed by atoms with Gasteiger partial charge in [0.2, 0.25) is 0 Å². The van der Waals surface area contributed by atoms with Gasteiger partial charge in [0.25, 0.3) is 0 Å². The molecule has 7 heteroatoms. The van der Waals surface area contributed by atoms with Gasteiger partial charge >= 0.3 is 11.9 Å². The van der Waals surface area contributed by atoms with Crippen LogP contribution in [0.25, 0.3) is 0 Å². The number of esters is 1. The molecule has 0 amide bonds. The molecule has 0 atom stereocenters. The summed E-state index contributed by atoms with van der Waals surface area (Å²) in [6, 6.07) is 0. The minimum Gasteiger partial charge on any atom is -0.481 e. The third-order valence-corrected chi connectivity index (χ3v) is 4.17. The SMILES string of the molecule is CC(C)(O)CON1C(C)(C)CC(OC(=O)CCCC(=O)O)CC1(C)C. The van der Waals surface area contributed by atoms with Crippen LogP contribution in [0.3, 0.4) is 0 Å². The summed E-state index contributed by atoms with van der Waals surface area (Å²) in [6.07, 6.45) is 1.33. The van der Waals surface area contributed by atoms with Crippen molar-refractivity contribution in [2.24, 2.45) is 0 Å². The molecule has 0 radical (unpaired) electrons. The number of piperidine rings is 1. The fraction of sp³-hybridized carbons (Fsp3) is 0.889. The van der Waals surface area contributed by atoms with Crippen LogP contribution in [0.1, 0.15) is 73.6 Å². The van der Waals surface area contributed by atoms with E-state index in [-0.39, 0.29) is 49.0 Å². The molecule has 2 N–H and O–H groups in total. The maximum Gasteiger partial charge on any atom is 0.306 e. The molecule has 0 aromatic heterocycles. The summed E-state index contributed by atoms with van der Waals surface area (Å²) in [7, 11) is 0. The van der Waals surface area contributed by atoms with Gasteiger partial charge in [-0.25, -0.2) is 0 Å². The predicted molar refractivity (Wildman–Crippen MR) is 92.8 cm³/mol. The predicted octanol–water partition coefficient (Wildman–Crippen LogP) is 2.51. The normalized spacial score (nSPS) is 21.1. The summed E-state index contributed by atoms with van der Waals surface area (Å²) in [5, 5.41) is 20.4. The number of aliphatic carboxylic acids is 1. The second-order valence-corrected chi connectivity index (χ2v) is 8.77. The minimum absolute atomic E-state index is 0.0324. The van der Waals surface area contributed by atoms with Crippen LogP contribution < -0.4 is 0 Å². The number of aliphatic hydroxyl groups is 1. The molecule has 0 aliphatic carbocycles. The molecule has 0 aromatic rings. The molecular formula is C18H33NO6. The number of hydrogen-bond donors (Lipinski definition) is 2. The van der Waals surface area contributed by atoms with Gasteiger partial charge in [-0.1, -0.05) is 0 Å². The summed E-state index contributed by atoms with van der Waals surface area (Å²) >= 11 is 0. The highest BCUT2D eigenvalue weighted by Gasteiger charge is 2.48. The van der Waals surface area contributed by atoms with Gasteiger partial charge in [-0.2, -0.15) is 5.06 Å². The molecule has 0 unspecified atom stereocenters. The van der Waals surface area contributed by atoms with Crippen LogP contribution in [0, 0.1) is 0 Å². The fourth-order valence-corrected chi connectivity index (χ4v) is 3.46. The quantitative estimate of drug-likeness (QED) is 0.643. The summed E-state index contributed by atoms with van der Waals surface area (Å²) in [4.78, 5) is 28.4. The first kappa shape index (κ1) is 21.9. The zero-order valence-electron chi connectivity index (χ0n) is 16.3. The highest BCUT2D eigenvalue weighted by atomic mass is 16.7. The molecule has 1 saturated heterocycles. The van der Waals surface area contributed by atoms with E-state index in [9.17, 15) is 14.7 Å². The molecule has 0 spiro atoms. The standard InChI is InChI=1S/C18H33NO6/c1-16(2)10-13(25-15(22)9-7-8-14(20)21)11-17(3,4)19(16)24-12-18(5,6)23/h13,23H,7-12H2,1-6H3,(H,20,21). The first-order valence-corrected chi connectivity index (χ1v) is 8.80. The smallest absolute Gasteiger partial charge is 0.306 e. The average molecular weight is 359 g/mol. The third-order valence-electron chi connectivity index (χ3n) is 4.17. The van der Waals surface area contributed by atoms with Crippen molar-refractivity contribution >= 4 is 11.9 Å². The van der Waals surface area contributed by atoms with E-state index in [2.05, 4.69) is 0 Å². The van der Waals surface area contributed by atoms with Crippen molar-refractivity contribution in [2.45, 2.75) is 96.4 Å². The van der Waals surface area contributed by atoms with E-state index >= 15 is 0 Å². The van der Waals surface area contributed by atoms with Crippen LogP contribution in [-0.2, 0) is 19.2 Å². The zero-order chi connectivity index (χ0) is 19.5. The van der Waals surface area contributed by atoms with E-state index in [1.807, 2.05) is 32.8 Å². The Morgan fingerprint density at radius 2 is 1.64 bits per heavy atom. The monoisotopic (exact) mass is 359 g/mol. The van der Waals surface area contributed by atoms with Crippen molar-refractivity contribution in [3.63, 3.8) is 0 Å². The second kappa shape index (κ2) is 8.01. The number of carbonyl (C=O) groups is 2. The van der Waals surface area contributed by atoms with Gasteiger partial charge in [0, 0.05) is 36.8 Å². The molecule has 0 aromatic carbocycles. The Balaban J connectivity index is 2.66. The number of carboxylic acid groups (broad SMARTS) is 1. The largest absolute Gasteiger partial charge is 0.481 e. The van der Waals surface area contributed by atoms with Gasteiger partial charge < -0.3 is 14.9 Å². The minimum atomic E-state index is -0.931. The first-order valence-electron chi connectivity index (χ1n) is 8.80. The Bertz CT molecular complexity index is 462. The molecule has 1 aliphatic heterocycles. The lowest BCUT2D eigenvalue weighted by Gasteiger charge is -2.53. The topological polar surface area (TPSA) is 96.3 Å². The average Bonchev–Trinajstić information content (AvgIpc) is 2.33. The maximum atomic E-state index is 12.0. The van der Waals surface area contributed by atoms with E-state index in [1.165, 1.54) is 0 Å².